The van der Waals surface area contributed by atoms with Crippen LogP contribution in [0.25, 0.3) is 0 Å². The number of nitrogens with zero attached hydrogens (tertiary/aromatic N) is 2. The lowest BCUT2D eigenvalue weighted by Gasteiger charge is -2.30. The zero-order chi connectivity index (χ0) is 15.0. The molecule has 0 saturated carbocycles. The van der Waals surface area contributed by atoms with Gasteiger partial charge in [0.1, 0.15) is 17.6 Å². The third-order valence-corrected chi connectivity index (χ3v) is 3.88. The van der Waals surface area contributed by atoms with Gasteiger partial charge < -0.3 is 15.2 Å². The standard InChI is InChI=1S/C16H21N3O2/c1-10(2)19-9-11(8-18-19)15-7-14(17)13-5-4-12(20-3)6-16(13)21-15/h4-6,8-10,14-15H,7,17H2,1-3H3. The maximum Gasteiger partial charge on any atom is 0.129 e. The molecule has 5 nitrogen and oxygen atoms in total. The van der Waals surface area contributed by atoms with Crippen LogP contribution < -0.4 is 15.2 Å². The Morgan fingerprint density at radius 3 is 2.90 bits per heavy atom. The first kappa shape index (κ1) is 13.9. The minimum Gasteiger partial charge on any atom is -0.497 e. The molecule has 0 fully saturated rings. The Balaban J connectivity index is 1.89. The maximum absolute atomic E-state index is 6.28. The third kappa shape index (κ3) is 2.61. The number of hydrogen-bond donors (Lipinski definition) is 1. The Morgan fingerprint density at radius 1 is 1.43 bits per heavy atom. The van der Waals surface area contributed by atoms with Gasteiger partial charge in [0.2, 0.25) is 0 Å². The van der Waals surface area contributed by atoms with Crippen LogP contribution in [0.4, 0.5) is 0 Å². The summed E-state index contributed by atoms with van der Waals surface area (Å²) in [5.74, 6) is 1.58. The molecule has 0 bridgehead atoms. The monoisotopic (exact) mass is 287 g/mol. The Labute approximate surface area is 124 Å². The van der Waals surface area contributed by atoms with Gasteiger partial charge >= 0.3 is 0 Å². The average Bonchev–Trinajstić information content (AvgIpc) is 2.96. The molecule has 21 heavy (non-hydrogen) atoms. The minimum absolute atomic E-state index is 0.0351. The maximum atomic E-state index is 6.28. The van der Waals surface area contributed by atoms with Crippen molar-refractivity contribution in [3.63, 3.8) is 0 Å². The topological polar surface area (TPSA) is 62.3 Å². The van der Waals surface area contributed by atoms with Gasteiger partial charge in [0, 0.05) is 41.9 Å². The molecule has 0 spiro atoms. The summed E-state index contributed by atoms with van der Waals surface area (Å²) in [7, 11) is 1.65. The molecule has 2 unspecified atom stereocenters. The first-order valence-electron chi connectivity index (χ1n) is 7.22. The van der Waals surface area contributed by atoms with Crippen molar-refractivity contribution in [2.45, 2.75) is 38.5 Å². The van der Waals surface area contributed by atoms with E-state index in [-0.39, 0.29) is 12.1 Å². The van der Waals surface area contributed by atoms with Crippen LogP contribution in [0.2, 0.25) is 0 Å². The van der Waals surface area contributed by atoms with E-state index in [2.05, 4.69) is 18.9 Å². The summed E-state index contributed by atoms with van der Waals surface area (Å²) in [6, 6.07) is 6.09. The van der Waals surface area contributed by atoms with E-state index in [1.54, 1.807) is 7.11 Å². The molecule has 1 aromatic carbocycles. The highest BCUT2D eigenvalue weighted by Crippen LogP contribution is 2.41. The molecule has 2 heterocycles. The zero-order valence-corrected chi connectivity index (χ0v) is 12.6. The van der Waals surface area contributed by atoms with E-state index in [1.165, 1.54) is 0 Å². The number of aromatic nitrogens is 2. The van der Waals surface area contributed by atoms with Crippen molar-refractivity contribution in [3.05, 3.63) is 41.7 Å². The molecule has 1 aliphatic heterocycles. The van der Waals surface area contributed by atoms with Crippen LogP contribution in [0.3, 0.4) is 0 Å². The number of rotatable bonds is 3. The van der Waals surface area contributed by atoms with Crippen LogP contribution in [0.15, 0.2) is 30.6 Å². The van der Waals surface area contributed by atoms with E-state index in [1.807, 2.05) is 35.3 Å². The largest absolute Gasteiger partial charge is 0.497 e. The quantitative estimate of drug-likeness (QED) is 0.942. The van der Waals surface area contributed by atoms with E-state index >= 15 is 0 Å². The molecule has 1 aromatic heterocycles. The van der Waals surface area contributed by atoms with Crippen molar-refractivity contribution in [1.29, 1.82) is 0 Å². The molecule has 0 saturated heterocycles. The molecule has 2 aromatic rings. The normalized spacial score (nSPS) is 21.0. The van der Waals surface area contributed by atoms with Crippen molar-refractivity contribution in [2.24, 2.45) is 5.73 Å². The van der Waals surface area contributed by atoms with Crippen LogP contribution in [0, 0.1) is 0 Å². The fourth-order valence-corrected chi connectivity index (χ4v) is 2.61. The van der Waals surface area contributed by atoms with Crippen LogP contribution >= 0.6 is 0 Å². The summed E-state index contributed by atoms with van der Waals surface area (Å²) in [6.07, 6.45) is 4.59. The van der Waals surface area contributed by atoms with Crippen LogP contribution in [-0.4, -0.2) is 16.9 Å². The number of hydrogen-bond acceptors (Lipinski definition) is 4. The summed E-state index contributed by atoms with van der Waals surface area (Å²) in [4.78, 5) is 0. The number of benzene rings is 1. The predicted octanol–water partition coefficient (Wildman–Crippen LogP) is 3.00. The zero-order valence-electron chi connectivity index (χ0n) is 12.6. The summed E-state index contributed by atoms with van der Waals surface area (Å²) in [5, 5.41) is 4.38. The molecule has 2 atom stereocenters. The second kappa shape index (κ2) is 5.41. The lowest BCUT2D eigenvalue weighted by molar-refractivity contribution is 0.160. The van der Waals surface area contributed by atoms with E-state index in [4.69, 9.17) is 15.2 Å². The van der Waals surface area contributed by atoms with Gasteiger partial charge in [-0.25, -0.2) is 0 Å². The molecule has 2 N–H and O–H groups in total. The van der Waals surface area contributed by atoms with Crippen molar-refractivity contribution >= 4 is 0 Å². The summed E-state index contributed by atoms with van der Waals surface area (Å²) < 4.78 is 13.3. The molecular formula is C16H21N3O2. The number of nitrogens with two attached hydrogens (primary N) is 1. The SMILES string of the molecule is COc1ccc2c(c1)OC(c1cnn(C(C)C)c1)CC2N. The molecule has 0 radical (unpaired) electrons. The lowest BCUT2D eigenvalue weighted by Crippen LogP contribution is -2.24. The Hall–Kier alpha value is -2.01. The molecule has 0 aliphatic carbocycles. The van der Waals surface area contributed by atoms with Gasteiger partial charge in [-0.3, -0.25) is 4.68 Å². The van der Waals surface area contributed by atoms with Crippen LogP contribution in [0.1, 0.15) is 49.6 Å². The summed E-state index contributed by atoms with van der Waals surface area (Å²) in [5.41, 5.74) is 8.38. The minimum atomic E-state index is -0.0629. The number of methoxy groups -OCH3 is 1. The van der Waals surface area contributed by atoms with Gasteiger partial charge in [0.25, 0.3) is 0 Å². The van der Waals surface area contributed by atoms with Crippen molar-refractivity contribution < 1.29 is 9.47 Å². The van der Waals surface area contributed by atoms with Gasteiger partial charge in [0.05, 0.1) is 13.3 Å². The molecule has 5 heteroatoms. The lowest BCUT2D eigenvalue weighted by atomic mass is 9.95. The summed E-state index contributed by atoms with van der Waals surface area (Å²) >= 11 is 0. The molecule has 1 aliphatic rings. The van der Waals surface area contributed by atoms with Crippen molar-refractivity contribution in [1.82, 2.24) is 9.78 Å². The Morgan fingerprint density at radius 2 is 2.24 bits per heavy atom. The van der Waals surface area contributed by atoms with Crippen LogP contribution in [0.5, 0.6) is 11.5 Å². The Bertz CT molecular complexity index is 636. The van der Waals surface area contributed by atoms with Gasteiger partial charge in [-0.15, -0.1) is 0 Å². The van der Waals surface area contributed by atoms with E-state index < -0.39 is 0 Å². The fourth-order valence-electron chi connectivity index (χ4n) is 2.61. The number of fused-ring (bicyclic) bond motifs is 1. The van der Waals surface area contributed by atoms with Crippen molar-refractivity contribution in [2.75, 3.05) is 7.11 Å². The van der Waals surface area contributed by atoms with Gasteiger partial charge in [0.15, 0.2) is 0 Å². The van der Waals surface area contributed by atoms with E-state index in [0.717, 1.165) is 29.0 Å². The highest BCUT2D eigenvalue weighted by molar-refractivity contribution is 5.44. The Kier molecular flexibility index (Phi) is 3.59. The molecule has 0 amide bonds. The molecule has 3 rings (SSSR count). The highest BCUT2D eigenvalue weighted by atomic mass is 16.5. The highest BCUT2D eigenvalue weighted by Gasteiger charge is 2.28. The van der Waals surface area contributed by atoms with Gasteiger partial charge in [-0.1, -0.05) is 6.07 Å². The molecule has 112 valence electrons. The van der Waals surface area contributed by atoms with E-state index in [0.29, 0.717) is 6.04 Å². The second-order valence-corrected chi connectivity index (χ2v) is 5.70. The predicted molar refractivity (Wildman–Crippen MR) is 80.5 cm³/mol. The number of ether oxygens (including phenoxy) is 2. The first-order valence-corrected chi connectivity index (χ1v) is 7.22. The molecular weight excluding hydrogens is 266 g/mol. The van der Waals surface area contributed by atoms with E-state index in [9.17, 15) is 0 Å². The first-order chi connectivity index (χ1) is 10.1. The summed E-state index contributed by atoms with van der Waals surface area (Å²) in [6.45, 7) is 4.20. The van der Waals surface area contributed by atoms with Gasteiger partial charge in [-0.2, -0.15) is 5.10 Å². The fraction of sp³-hybridized carbons (Fsp3) is 0.438. The third-order valence-electron chi connectivity index (χ3n) is 3.88. The van der Waals surface area contributed by atoms with Crippen molar-refractivity contribution in [3.8, 4) is 11.5 Å². The smallest absolute Gasteiger partial charge is 0.129 e. The van der Waals surface area contributed by atoms with Crippen LogP contribution in [-0.2, 0) is 0 Å². The van der Waals surface area contributed by atoms with Gasteiger partial charge in [-0.05, 0) is 19.9 Å². The second-order valence-electron chi connectivity index (χ2n) is 5.70. The average molecular weight is 287 g/mol.